The van der Waals surface area contributed by atoms with Crippen LogP contribution in [0.2, 0.25) is 0 Å². The van der Waals surface area contributed by atoms with Crippen molar-refractivity contribution < 1.29 is 108 Å². The van der Waals surface area contributed by atoms with Gasteiger partial charge in [0, 0.05) is 45.6 Å². The predicted molar refractivity (Wildman–Crippen MR) is 306 cm³/mol. The van der Waals surface area contributed by atoms with Gasteiger partial charge in [-0.25, -0.2) is 17.6 Å². The Kier molecular flexibility index (Phi) is 26.1. The van der Waals surface area contributed by atoms with Crippen LogP contribution in [0.5, 0.6) is 23.0 Å². The van der Waals surface area contributed by atoms with Crippen LogP contribution in [0.15, 0.2) is 97.1 Å². The number of anilines is 3. The lowest BCUT2D eigenvalue weighted by molar-refractivity contribution is -0.349. The highest BCUT2D eigenvalue weighted by Gasteiger charge is 2.74. The topological polar surface area (TPSA) is 159 Å². The number of Topliss-reactive ketones (excluding diaryl/α,β-unsaturated/α-hetero) is 1. The summed E-state index contributed by atoms with van der Waals surface area (Å²) in [4.78, 5) is 51.8. The summed E-state index contributed by atoms with van der Waals surface area (Å²) in [5.41, 5.74) is -9.69. The summed E-state index contributed by atoms with van der Waals surface area (Å²) >= 11 is 5.09. The maximum Gasteiger partial charge on any atom is 0.435 e. The Morgan fingerprint density at radius 1 is 0.478 bits per heavy atom. The van der Waals surface area contributed by atoms with Gasteiger partial charge in [-0.15, -0.1) is 0 Å². The molecule has 6 rings (SSSR count). The number of ether oxygens (including phenoxy) is 4. The number of nitrogens with two attached hydrogens (primary N) is 1. The molecule has 0 unspecified atom stereocenters. The number of aryl methyl sites for hydroxylation is 4. The third-order valence-electron chi connectivity index (χ3n) is 13.5. The summed E-state index contributed by atoms with van der Waals surface area (Å²) in [6.45, 7) is 14.6. The van der Waals surface area contributed by atoms with Gasteiger partial charge < -0.3 is 40.2 Å². The minimum atomic E-state index is -6.30. The molecule has 0 aliphatic carbocycles. The molecule has 0 aromatic heterocycles. The SMILES string of the molecule is CCN(CC)CC.COc1ccc(CC(=O)c2ccc(F)cc2)c(OC)c1C(=O)Nc1c(C)cc(C(F)(C(F)(F)F)C(F)(F)F)cc1C.COc1ccc(N)c(OC)c1C(=O)Nc1c(C)cc(C(F)(C(F)(F)F)C(F)(F)F)cc1C.O=C(Cl)c1ccc(F)cc1. The number of hydrogen-bond acceptors (Lipinski definition) is 10. The molecule has 90 heavy (non-hydrogen) atoms. The molecule has 0 atom stereocenters. The maximum atomic E-state index is 14.6. The van der Waals surface area contributed by atoms with E-state index in [0.29, 0.717) is 29.8 Å². The van der Waals surface area contributed by atoms with Crippen LogP contribution < -0.4 is 35.3 Å². The highest BCUT2D eigenvalue weighted by molar-refractivity contribution is 6.67. The molecule has 492 valence electrons. The van der Waals surface area contributed by atoms with Gasteiger partial charge in [0.15, 0.2) is 11.5 Å². The van der Waals surface area contributed by atoms with Gasteiger partial charge in [-0.3, -0.25) is 19.2 Å². The van der Waals surface area contributed by atoms with Crippen molar-refractivity contribution in [2.75, 3.05) is 64.4 Å². The quantitative estimate of drug-likeness (QED) is 0.0347. The number of amides is 2. The van der Waals surface area contributed by atoms with Crippen LogP contribution in [0.1, 0.15) is 101 Å². The first-order valence-corrected chi connectivity index (χ1v) is 26.7. The largest absolute Gasteiger partial charge is 0.496 e. The second kappa shape index (κ2) is 31.0. The Labute approximate surface area is 511 Å². The molecule has 0 aliphatic heterocycles. The zero-order valence-corrected chi connectivity index (χ0v) is 50.5. The third-order valence-corrected chi connectivity index (χ3v) is 13.7. The lowest BCUT2D eigenvalue weighted by atomic mass is 9.90. The fourth-order valence-corrected chi connectivity index (χ4v) is 8.89. The molecule has 2 amide bonds. The van der Waals surface area contributed by atoms with E-state index in [0.717, 1.165) is 39.8 Å². The van der Waals surface area contributed by atoms with Gasteiger partial charge in [-0.05, 0) is 148 Å². The van der Waals surface area contributed by atoms with E-state index in [1.165, 1.54) is 109 Å². The van der Waals surface area contributed by atoms with Crippen LogP contribution in [0, 0.1) is 39.3 Å². The van der Waals surface area contributed by atoms with E-state index in [9.17, 15) is 89.4 Å². The summed E-state index contributed by atoms with van der Waals surface area (Å²) in [5, 5.41) is 4.23. The highest BCUT2D eigenvalue weighted by Crippen LogP contribution is 2.55. The Balaban J connectivity index is 0.000000378. The molecule has 0 radical (unpaired) electrons. The van der Waals surface area contributed by atoms with Crippen LogP contribution in [-0.4, -0.2) is 101 Å². The number of rotatable bonds is 17. The number of carbonyl (C=O) groups is 4. The molecule has 0 saturated carbocycles. The van der Waals surface area contributed by atoms with Crippen LogP contribution >= 0.6 is 11.6 Å². The molecule has 29 heteroatoms. The Hall–Kier alpha value is -8.27. The third kappa shape index (κ3) is 17.6. The van der Waals surface area contributed by atoms with E-state index >= 15 is 0 Å². The number of methoxy groups -OCH3 is 4. The van der Waals surface area contributed by atoms with Crippen molar-refractivity contribution in [3.05, 3.63) is 170 Å². The number of nitrogens with zero attached hydrogens (tertiary/aromatic N) is 1. The monoisotopic (exact) mass is 1320 g/mol. The highest BCUT2D eigenvalue weighted by atomic mass is 35.5. The Morgan fingerprint density at radius 2 is 0.800 bits per heavy atom. The van der Waals surface area contributed by atoms with Gasteiger partial charge in [-0.2, -0.15) is 52.7 Å². The van der Waals surface area contributed by atoms with E-state index in [1.807, 2.05) is 0 Å². The summed E-state index contributed by atoms with van der Waals surface area (Å²) < 4.78 is 233. The average molecular weight is 1320 g/mol. The normalized spacial score (nSPS) is 11.8. The van der Waals surface area contributed by atoms with Crippen LogP contribution in [-0.2, 0) is 17.8 Å². The van der Waals surface area contributed by atoms with E-state index in [4.69, 9.17) is 36.3 Å². The molecular weight excluding hydrogens is 1260 g/mol. The second-order valence-corrected chi connectivity index (χ2v) is 19.6. The molecule has 0 aliphatic rings. The van der Waals surface area contributed by atoms with E-state index in [1.54, 1.807) is 0 Å². The Bertz CT molecular complexity index is 3400. The number of benzene rings is 6. The van der Waals surface area contributed by atoms with Crippen LogP contribution in [0.4, 0.5) is 87.3 Å². The first kappa shape index (κ1) is 76.0. The fourth-order valence-electron chi connectivity index (χ4n) is 8.76. The molecule has 4 N–H and O–H groups in total. The zero-order chi connectivity index (χ0) is 68.8. The van der Waals surface area contributed by atoms with E-state index in [-0.39, 0.29) is 96.8 Å². The molecule has 0 spiro atoms. The number of hydrogen-bond donors (Lipinski definition) is 3. The van der Waals surface area contributed by atoms with Crippen LogP contribution in [0.25, 0.3) is 0 Å². The standard InChI is InChI=1S/C28H23F8NO4.C20H19F7N2O3.C7H4ClFO.C6H15N/c1-14-11-18(26(30,27(31,32)33)28(34,35)36)12-15(2)23(14)37-25(39)22-21(40-3)10-7-17(24(22)41-4)13-20(38)16-5-8-19(29)9-6-16;1-9-7-11(18(21,19(22,23)24)20(25,26)27)8-10(2)15(9)29-17(30)14-13(31-3)6-5-12(28)16(14)32-4;8-7(10)5-1-3-6(9)4-2-5;1-4-7(5-2)6-3/h5-12H,13H2,1-4H3,(H,37,39);5-8H,28H2,1-4H3,(H,29,30);1-4H;4-6H2,1-3H3. The first-order chi connectivity index (χ1) is 41.6. The lowest BCUT2D eigenvalue weighted by Gasteiger charge is -2.31. The van der Waals surface area contributed by atoms with Gasteiger partial charge in [0.1, 0.15) is 40.0 Å². The van der Waals surface area contributed by atoms with Gasteiger partial charge >= 0.3 is 36.0 Å². The summed E-state index contributed by atoms with van der Waals surface area (Å²) in [5.74, 6) is -3.27. The van der Waals surface area contributed by atoms with Crippen molar-refractivity contribution in [2.45, 2.75) is 90.9 Å². The fraction of sp³-hybridized carbons (Fsp3) is 0.344. The van der Waals surface area contributed by atoms with Gasteiger partial charge in [0.25, 0.3) is 17.1 Å². The van der Waals surface area contributed by atoms with Gasteiger partial charge in [0.2, 0.25) is 0 Å². The van der Waals surface area contributed by atoms with Crippen molar-refractivity contribution in [2.24, 2.45) is 0 Å². The molecule has 12 nitrogen and oxygen atoms in total. The number of carbonyl (C=O) groups excluding carboxylic acids is 4. The number of ketones is 1. The lowest BCUT2D eigenvalue weighted by Crippen LogP contribution is -2.50. The summed E-state index contributed by atoms with van der Waals surface area (Å²) in [6.07, 6.45) is -25.4. The van der Waals surface area contributed by atoms with E-state index < -0.39 is 75.8 Å². The molecule has 0 bridgehead atoms. The second-order valence-electron chi connectivity index (χ2n) is 19.3. The zero-order valence-electron chi connectivity index (χ0n) is 49.8. The first-order valence-electron chi connectivity index (χ1n) is 26.3. The number of nitrogens with one attached hydrogen (secondary N) is 2. The van der Waals surface area contributed by atoms with Crippen molar-refractivity contribution in [1.29, 1.82) is 0 Å². The molecule has 6 aromatic rings. The smallest absolute Gasteiger partial charge is 0.435 e. The maximum absolute atomic E-state index is 14.6. The van der Waals surface area contributed by atoms with Crippen molar-refractivity contribution in [3.8, 4) is 23.0 Å². The van der Waals surface area contributed by atoms with Gasteiger partial charge in [0.05, 0.1) is 34.1 Å². The van der Waals surface area contributed by atoms with Crippen molar-refractivity contribution in [3.63, 3.8) is 0 Å². The number of alkyl halides is 14. The average Bonchev–Trinajstić information content (AvgIpc) is 0.822. The molecular formula is C61H61ClF16N4O8. The molecule has 0 fully saturated rings. The van der Waals surface area contributed by atoms with Crippen LogP contribution in [0.3, 0.4) is 0 Å². The van der Waals surface area contributed by atoms with Crippen molar-refractivity contribution in [1.82, 2.24) is 4.90 Å². The molecule has 6 aromatic carbocycles. The molecule has 0 heterocycles. The number of nitrogen functional groups attached to an aromatic ring is 1. The molecule has 0 saturated heterocycles. The summed E-state index contributed by atoms with van der Waals surface area (Å²) in [6, 6.07) is 16.9. The minimum Gasteiger partial charge on any atom is -0.496 e. The van der Waals surface area contributed by atoms with Crippen molar-refractivity contribution >= 4 is 51.5 Å². The predicted octanol–water partition coefficient (Wildman–Crippen LogP) is 16.4. The minimum absolute atomic E-state index is 0.0267. The van der Waals surface area contributed by atoms with Gasteiger partial charge in [-0.1, -0.05) is 51.1 Å². The summed E-state index contributed by atoms with van der Waals surface area (Å²) in [7, 11) is 4.94. The number of halogens is 17. The Morgan fingerprint density at radius 3 is 1.09 bits per heavy atom. The van der Waals surface area contributed by atoms with E-state index in [2.05, 4.69) is 36.3 Å².